The molecule has 0 bridgehead atoms. The maximum absolute atomic E-state index is 13.3. The molecule has 3 aromatic rings. The van der Waals surface area contributed by atoms with Crippen LogP contribution in [0.1, 0.15) is 27.7 Å². The third-order valence-electron chi connectivity index (χ3n) is 5.82. The Kier molecular flexibility index (Phi) is 7.22. The molecule has 8 heteroatoms. The Morgan fingerprint density at radius 2 is 1.86 bits per heavy atom. The highest BCUT2D eigenvalue weighted by molar-refractivity contribution is 6.15. The first-order chi connectivity index (χ1) is 16.9. The molecule has 0 saturated carbocycles. The molecule has 1 unspecified atom stereocenters. The number of likely N-dealkylation sites (N-methyl/N-ethyl adjacent to an activating group) is 1. The molecule has 2 heterocycles. The number of ether oxygens (including phenoxy) is 2. The van der Waals surface area contributed by atoms with Crippen LogP contribution in [-0.4, -0.2) is 60.9 Å². The smallest absolute Gasteiger partial charge is 0.290 e. The zero-order valence-electron chi connectivity index (χ0n) is 19.9. The summed E-state index contributed by atoms with van der Waals surface area (Å²) in [6.45, 7) is 1.22. The number of ketones is 1. The van der Waals surface area contributed by atoms with Crippen molar-refractivity contribution in [3.63, 3.8) is 0 Å². The first kappa shape index (κ1) is 24.1. The number of benzene rings is 2. The zero-order chi connectivity index (χ0) is 24.9. The van der Waals surface area contributed by atoms with Crippen LogP contribution in [-0.2, 0) is 11.4 Å². The molecule has 35 heavy (non-hydrogen) atoms. The highest BCUT2D eigenvalue weighted by atomic mass is 16.5. The summed E-state index contributed by atoms with van der Waals surface area (Å²) in [4.78, 5) is 29.7. The SMILES string of the molecule is COc1cc(C2C(C(=O)c3ccco3)=C(O)C(=O)N2CCN(C)C)ccc1OCc1ccccc1. The Labute approximate surface area is 204 Å². The molecular weight excluding hydrogens is 448 g/mol. The van der Waals surface area contributed by atoms with Gasteiger partial charge in [0.1, 0.15) is 6.61 Å². The van der Waals surface area contributed by atoms with Crippen molar-refractivity contribution in [1.82, 2.24) is 9.80 Å². The Bertz CT molecular complexity index is 1220. The normalized spacial score (nSPS) is 15.7. The van der Waals surface area contributed by atoms with E-state index in [4.69, 9.17) is 13.9 Å². The predicted molar refractivity (Wildman–Crippen MR) is 129 cm³/mol. The fourth-order valence-corrected chi connectivity index (χ4v) is 4.02. The van der Waals surface area contributed by atoms with E-state index in [2.05, 4.69) is 0 Å². The molecule has 0 radical (unpaired) electrons. The highest BCUT2D eigenvalue weighted by Crippen LogP contribution is 2.41. The Balaban J connectivity index is 1.69. The van der Waals surface area contributed by atoms with Gasteiger partial charge in [0.05, 0.1) is 25.0 Å². The summed E-state index contributed by atoms with van der Waals surface area (Å²) in [5.74, 6) is -0.685. The molecule has 0 saturated heterocycles. The summed E-state index contributed by atoms with van der Waals surface area (Å²) in [5, 5.41) is 10.7. The van der Waals surface area contributed by atoms with Crippen molar-refractivity contribution in [3.05, 3.63) is 95.1 Å². The fourth-order valence-electron chi connectivity index (χ4n) is 4.02. The second kappa shape index (κ2) is 10.5. The molecule has 1 amide bonds. The molecule has 1 aromatic heterocycles. The number of aliphatic hydroxyl groups is 1. The number of hydrogen-bond donors (Lipinski definition) is 1. The van der Waals surface area contributed by atoms with E-state index in [9.17, 15) is 14.7 Å². The number of Topliss-reactive ketones (excluding diaryl/α,β-unsaturated/α-hetero) is 1. The molecule has 8 nitrogen and oxygen atoms in total. The number of carbonyl (C=O) groups is 2. The van der Waals surface area contributed by atoms with Crippen LogP contribution in [0.2, 0.25) is 0 Å². The van der Waals surface area contributed by atoms with Crippen molar-refractivity contribution in [1.29, 1.82) is 0 Å². The van der Waals surface area contributed by atoms with Crippen molar-refractivity contribution in [2.45, 2.75) is 12.6 Å². The van der Waals surface area contributed by atoms with Crippen molar-refractivity contribution in [2.24, 2.45) is 0 Å². The van der Waals surface area contributed by atoms with Crippen molar-refractivity contribution in [2.75, 3.05) is 34.3 Å². The molecule has 4 rings (SSSR count). The second-order valence-electron chi connectivity index (χ2n) is 8.46. The Hall–Kier alpha value is -4.04. The van der Waals surface area contributed by atoms with Crippen LogP contribution in [0.5, 0.6) is 11.5 Å². The standard InChI is InChI=1S/C27H28N2O6/c1-28(2)13-14-29-24(23(26(31)27(29)32)25(30)21-10-7-15-34-21)19-11-12-20(22(16-19)33-3)35-17-18-8-5-4-6-9-18/h4-12,15-16,24,31H,13-14,17H2,1-3H3. The van der Waals surface area contributed by atoms with Crippen LogP contribution in [0.4, 0.5) is 0 Å². The molecule has 1 atom stereocenters. The molecule has 1 aliphatic rings. The van der Waals surface area contributed by atoms with E-state index in [0.717, 1.165) is 5.56 Å². The summed E-state index contributed by atoms with van der Waals surface area (Å²) in [5.41, 5.74) is 1.60. The largest absolute Gasteiger partial charge is 0.503 e. The van der Waals surface area contributed by atoms with Gasteiger partial charge in [0.15, 0.2) is 23.0 Å². The van der Waals surface area contributed by atoms with E-state index in [1.54, 1.807) is 24.3 Å². The van der Waals surface area contributed by atoms with Crippen LogP contribution < -0.4 is 9.47 Å². The minimum absolute atomic E-state index is 0.0243. The van der Waals surface area contributed by atoms with Gasteiger partial charge >= 0.3 is 0 Å². The number of nitrogens with zero attached hydrogens (tertiary/aromatic N) is 2. The monoisotopic (exact) mass is 476 g/mol. The number of methoxy groups -OCH3 is 1. The summed E-state index contributed by atoms with van der Waals surface area (Å²) < 4.78 is 16.8. The number of rotatable bonds is 10. The number of amides is 1. The van der Waals surface area contributed by atoms with Gasteiger partial charge in [-0.25, -0.2) is 0 Å². The number of furan rings is 1. The molecule has 182 valence electrons. The molecular formula is C27H28N2O6. The number of aliphatic hydroxyl groups excluding tert-OH is 1. The van der Waals surface area contributed by atoms with Crippen LogP contribution in [0.3, 0.4) is 0 Å². The van der Waals surface area contributed by atoms with Crippen molar-refractivity contribution >= 4 is 11.7 Å². The van der Waals surface area contributed by atoms with E-state index in [-0.39, 0.29) is 11.3 Å². The Morgan fingerprint density at radius 3 is 2.51 bits per heavy atom. The van der Waals surface area contributed by atoms with Gasteiger partial charge in [-0.3, -0.25) is 9.59 Å². The van der Waals surface area contributed by atoms with Gasteiger partial charge in [0, 0.05) is 13.1 Å². The molecule has 1 aliphatic heterocycles. The van der Waals surface area contributed by atoms with E-state index in [1.807, 2.05) is 49.3 Å². The minimum atomic E-state index is -0.808. The van der Waals surface area contributed by atoms with Crippen LogP contribution in [0.25, 0.3) is 0 Å². The quantitative estimate of drug-likeness (QED) is 0.442. The lowest BCUT2D eigenvalue weighted by Crippen LogP contribution is -2.36. The van der Waals surface area contributed by atoms with Crippen molar-refractivity contribution < 1.29 is 28.6 Å². The molecule has 1 N–H and O–H groups in total. The number of carbonyl (C=O) groups excluding carboxylic acids is 2. The average molecular weight is 477 g/mol. The Morgan fingerprint density at radius 1 is 1.09 bits per heavy atom. The maximum Gasteiger partial charge on any atom is 0.290 e. The molecule has 0 aliphatic carbocycles. The van der Waals surface area contributed by atoms with E-state index in [1.165, 1.54) is 24.3 Å². The third kappa shape index (κ3) is 5.07. The fraction of sp³-hybridized carbons (Fsp3) is 0.259. The van der Waals surface area contributed by atoms with Gasteiger partial charge in [0.2, 0.25) is 5.78 Å². The van der Waals surface area contributed by atoms with E-state index >= 15 is 0 Å². The van der Waals surface area contributed by atoms with Gasteiger partial charge < -0.3 is 28.8 Å². The number of hydrogen-bond acceptors (Lipinski definition) is 7. The topological polar surface area (TPSA) is 92.5 Å². The van der Waals surface area contributed by atoms with Gasteiger partial charge in [0.25, 0.3) is 5.91 Å². The van der Waals surface area contributed by atoms with Gasteiger partial charge in [-0.2, -0.15) is 0 Å². The summed E-state index contributed by atoms with van der Waals surface area (Å²) in [6, 6.07) is 17.3. The van der Waals surface area contributed by atoms with Crippen molar-refractivity contribution in [3.8, 4) is 11.5 Å². The maximum atomic E-state index is 13.3. The lowest BCUT2D eigenvalue weighted by atomic mass is 9.94. The van der Waals surface area contributed by atoms with Crippen LogP contribution in [0.15, 0.2) is 82.7 Å². The lowest BCUT2D eigenvalue weighted by Gasteiger charge is -2.28. The predicted octanol–water partition coefficient (Wildman–Crippen LogP) is 4.01. The molecule has 0 spiro atoms. The summed E-state index contributed by atoms with van der Waals surface area (Å²) in [6.07, 6.45) is 1.38. The summed E-state index contributed by atoms with van der Waals surface area (Å²) >= 11 is 0. The lowest BCUT2D eigenvalue weighted by molar-refractivity contribution is -0.129. The molecule has 0 fully saturated rings. The van der Waals surface area contributed by atoms with Crippen LogP contribution in [0, 0.1) is 0 Å². The third-order valence-corrected chi connectivity index (χ3v) is 5.82. The van der Waals surface area contributed by atoms with Gasteiger partial charge in [-0.1, -0.05) is 36.4 Å². The van der Waals surface area contributed by atoms with E-state index in [0.29, 0.717) is 36.8 Å². The first-order valence-electron chi connectivity index (χ1n) is 11.2. The molecule has 2 aromatic carbocycles. The first-order valence-corrected chi connectivity index (χ1v) is 11.2. The van der Waals surface area contributed by atoms with Crippen LogP contribution >= 0.6 is 0 Å². The zero-order valence-corrected chi connectivity index (χ0v) is 19.9. The highest BCUT2D eigenvalue weighted by Gasteiger charge is 2.44. The minimum Gasteiger partial charge on any atom is -0.503 e. The summed E-state index contributed by atoms with van der Waals surface area (Å²) in [7, 11) is 5.31. The van der Waals surface area contributed by atoms with Gasteiger partial charge in [-0.05, 0) is 49.5 Å². The second-order valence-corrected chi connectivity index (χ2v) is 8.46. The van der Waals surface area contributed by atoms with Gasteiger partial charge in [-0.15, -0.1) is 0 Å². The average Bonchev–Trinajstić information content (AvgIpc) is 3.49. The van der Waals surface area contributed by atoms with E-state index < -0.39 is 23.5 Å².